The lowest BCUT2D eigenvalue weighted by atomic mass is 9.99. The number of benzene rings is 6. The molecule has 220 valence electrons. The summed E-state index contributed by atoms with van der Waals surface area (Å²) in [5.41, 5.74) is 10.5. The van der Waals surface area contributed by atoms with E-state index in [0.29, 0.717) is 17.5 Å². The van der Waals surface area contributed by atoms with Crippen LogP contribution in [0.25, 0.3) is 89.4 Å². The first-order valence-electron chi connectivity index (χ1n) is 15.6. The fraction of sp³-hybridized carbons (Fsp3) is 0. The minimum atomic E-state index is 0.567. The normalized spacial score (nSPS) is 11.4. The van der Waals surface area contributed by atoms with Gasteiger partial charge in [0.15, 0.2) is 23.1 Å². The molecule has 47 heavy (non-hydrogen) atoms. The van der Waals surface area contributed by atoms with Crippen LogP contribution in [0.15, 0.2) is 162 Å². The second-order valence-electron chi connectivity index (χ2n) is 11.5. The van der Waals surface area contributed by atoms with Crippen LogP contribution in [0, 0.1) is 0 Å². The van der Waals surface area contributed by atoms with Gasteiger partial charge < -0.3 is 4.42 Å². The number of fused-ring (bicyclic) bond motifs is 4. The van der Waals surface area contributed by atoms with Crippen LogP contribution in [0.1, 0.15) is 0 Å². The third-order valence-corrected chi connectivity index (χ3v) is 8.55. The molecule has 5 nitrogen and oxygen atoms in total. The molecule has 5 heteroatoms. The van der Waals surface area contributed by atoms with Gasteiger partial charge in [0.1, 0.15) is 11.1 Å². The summed E-state index contributed by atoms with van der Waals surface area (Å²) < 4.78 is 6.31. The van der Waals surface area contributed by atoms with Crippen LogP contribution in [-0.2, 0) is 0 Å². The van der Waals surface area contributed by atoms with E-state index in [0.717, 1.165) is 60.8 Å². The van der Waals surface area contributed by atoms with E-state index >= 15 is 0 Å². The largest absolute Gasteiger partial charge is 0.454 e. The molecule has 3 aromatic heterocycles. The minimum absolute atomic E-state index is 0.567. The molecule has 3 heterocycles. The number of para-hydroxylation sites is 1. The SMILES string of the molecule is c1ccc(-c2ccc(-c3ccc(-c4nc(-c5ccccc5)nc(-c5cccc6oc7cc8ccccc8nc7c56)n4)cc3)cc2)cc1. The molecule has 0 saturated heterocycles. The third kappa shape index (κ3) is 4.91. The smallest absolute Gasteiger partial charge is 0.164 e. The maximum absolute atomic E-state index is 6.31. The van der Waals surface area contributed by atoms with Crippen LogP contribution in [0.2, 0.25) is 0 Å². The van der Waals surface area contributed by atoms with Gasteiger partial charge in [0, 0.05) is 22.1 Å². The third-order valence-electron chi connectivity index (χ3n) is 8.55. The number of nitrogens with zero attached hydrogens (tertiary/aromatic N) is 4. The molecular formula is C42H26N4O. The first kappa shape index (κ1) is 26.9. The first-order chi connectivity index (χ1) is 23.3. The Morgan fingerprint density at radius 2 is 0.872 bits per heavy atom. The fourth-order valence-electron chi connectivity index (χ4n) is 6.16. The molecule has 0 aliphatic carbocycles. The van der Waals surface area contributed by atoms with Gasteiger partial charge in [0.2, 0.25) is 0 Å². The molecule has 0 atom stereocenters. The Morgan fingerprint density at radius 3 is 1.53 bits per heavy atom. The van der Waals surface area contributed by atoms with Crippen molar-refractivity contribution in [1.29, 1.82) is 0 Å². The second-order valence-corrected chi connectivity index (χ2v) is 11.5. The zero-order valence-corrected chi connectivity index (χ0v) is 25.2. The lowest BCUT2D eigenvalue weighted by Gasteiger charge is -2.10. The van der Waals surface area contributed by atoms with Gasteiger partial charge >= 0.3 is 0 Å². The highest BCUT2D eigenvalue weighted by atomic mass is 16.3. The van der Waals surface area contributed by atoms with E-state index in [1.807, 2.05) is 84.9 Å². The highest BCUT2D eigenvalue weighted by Gasteiger charge is 2.19. The minimum Gasteiger partial charge on any atom is -0.454 e. The molecule has 0 N–H and O–H groups in total. The summed E-state index contributed by atoms with van der Waals surface area (Å²) in [5.74, 6) is 1.77. The average molecular weight is 603 g/mol. The Hall–Kier alpha value is -6.46. The molecule has 0 unspecified atom stereocenters. The predicted molar refractivity (Wildman–Crippen MR) is 190 cm³/mol. The number of hydrogen-bond acceptors (Lipinski definition) is 5. The average Bonchev–Trinajstić information content (AvgIpc) is 3.52. The summed E-state index contributed by atoms with van der Waals surface area (Å²) in [6.07, 6.45) is 0. The van der Waals surface area contributed by atoms with Gasteiger partial charge in [0.05, 0.1) is 10.9 Å². The molecule has 0 aliphatic rings. The summed E-state index contributed by atoms with van der Waals surface area (Å²) >= 11 is 0. The number of furan rings is 1. The molecule has 9 rings (SSSR count). The lowest BCUT2D eigenvalue weighted by molar-refractivity contribution is 0.669. The highest BCUT2D eigenvalue weighted by Crippen LogP contribution is 2.37. The van der Waals surface area contributed by atoms with Gasteiger partial charge in [-0.15, -0.1) is 0 Å². The molecule has 0 radical (unpaired) electrons. The second kappa shape index (κ2) is 11.2. The van der Waals surface area contributed by atoms with Gasteiger partial charge in [-0.1, -0.05) is 140 Å². The van der Waals surface area contributed by atoms with Crippen molar-refractivity contribution < 1.29 is 4.42 Å². The van der Waals surface area contributed by atoms with E-state index in [-0.39, 0.29) is 0 Å². The molecule has 0 spiro atoms. The van der Waals surface area contributed by atoms with Crippen molar-refractivity contribution in [3.8, 4) is 56.4 Å². The Kier molecular flexibility index (Phi) is 6.39. The van der Waals surface area contributed by atoms with E-state index < -0.39 is 0 Å². The lowest BCUT2D eigenvalue weighted by Crippen LogP contribution is -2.00. The van der Waals surface area contributed by atoms with E-state index in [4.69, 9.17) is 24.4 Å². The molecule has 6 aromatic carbocycles. The molecular weight excluding hydrogens is 576 g/mol. The van der Waals surface area contributed by atoms with Crippen molar-refractivity contribution in [3.05, 3.63) is 158 Å². The Bertz CT molecular complexity index is 2540. The molecule has 0 aliphatic heterocycles. The number of aromatic nitrogens is 4. The monoisotopic (exact) mass is 602 g/mol. The highest BCUT2D eigenvalue weighted by molar-refractivity contribution is 6.12. The fourth-order valence-corrected chi connectivity index (χ4v) is 6.16. The maximum atomic E-state index is 6.31. The zero-order chi connectivity index (χ0) is 31.2. The van der Waals surface area contributed by atoms with Gasteiger partial charge in [-0.25, -0.2) is 19.9 Å². The van der Waals surface area contributed by atoms with E-state index in [1.54, 1.807) is 0 Å². The molecule has 0 bridgehead atoms. The van der Waals surface area contributed by atoms with E-state index in [2.05, 4.69) is 72.8 Å². The molecule has 9 aromatic rings. The number of hydrogen-bond donors (Lipinski definition) is 0. The Balaban J connectivity index is 1.16. The molecule has 0 saturated carbocycles. The summed E-state index contributed by atoms with van der Waals surface area (Å²) in [6, 6.07) is 53.6. The van der Waals surface area contributed by atoms with Crippen molar-refractivity contribution in [2.24, 2.45) is 0 Å². The van der Waals surface area contributed by atoms with Crippen molar-refractivity contribution in [2.45, 2.75) is 0 Å². The van der Waals surface area contributed by atoms with Crippen LogP contribution in [0.5, 0.6) is 0 Å². The number of pyridine rings is 1. The standard InChI is InChI=1S/C42H26N4O/c1-3-10-27(11-4-1)28-18-20-29(21-19-28)30-22-24-32(25-23-30)41-44-40(31-12-5-2-6-13-31)45-42(46-41)34-15-9-17-36-38(34)39-37(47-36)26-33-14-7-8-16-35(33)43-39/h1-26H. The topological polar surface area (TPSA) is 64.7 Å². The van der Waals surface area contributed by atoms with Crippen molar-refractivity contribution in [1.82, 2.24) is 19.9 Å². The van der Waals surface area contributed by atoms with Crippen LogP contribution < -0.4 is 0 Å². The Morgan fingerprint density at radius 1 is 0.362 bits per heavy atom. The van der Waals surface area contributed by atoms with Crippen LogP contribution in [0.4, 0.5) is 0 Å². The van der Waals surface area contributed by atoms with Gasteiger partial charge in [-0.3, -0.25) is 0 Å². The zero-order valence-electron chi connectivity index (χ0n) is 25.2. The van der Waals surface area contributed by atoms with Crippen LogP contribution >= 0.6 is 0 Å². The van der Waals surface area contributed by atoms with Crippen molar-refractivity contribution >= 4 is 33.0 Å². The predicted octanol–water partition coefficient (Wildman–Crippen LogP) is 10.7. The van der Waals surface area contributed by atoms with Crippen LogP contribution in [-0.4, -0.2) is 19.9 Å². The van der Waals surface area contributed by atoms with Crippen molar-refractivity contribution in [2.75, 3.05) is 0 Å². The van der Waals surface area contributed by atoms with Crippen molar-refractivity contribution in [3.63, 3.8) is 0 Å². The number of rotatable bonds is 5. The van der Waals surface area contributed by atoms with Gasteiger partial charge in [-0.05, 0) is 40.5 Å². The summed E-state index contributed by atoms with van der Waals surface area (Å²) in [6.45, 7) is 0. The van der Waals surface area contributed by atoms with Crippen LogP contribution in [0.3, 0.4) is 0 Å². The summed E-state index contributed by atoms with van der Waals surface area (Å²) in [7, 11) is 0. The van der Waals surface area contributed by atoms with E-state index in [9.17, 15) is 0 Å². The summed E-state index contributed by atoms with van der Waals surface area (Å²) in [5, 5.41) is 1.92. The van der Waals surface area contributed by atoms with E-state index in [1.165, 1.54) is 11.1 Å². The Labute approximate surface area is 270 Å². The first-order valence-corrected chi connectivity index (χ1v) is 15.6. The molecule has 0 amide bonds. The maximum Gasteiger partial charge on any atom is 0.164 e. The van der Waals surface area contributed by atoms with Gasteiger partial charge in [0.25, 0.3) is 0 Å². The quantitative estimate of drug-likeness (QED) is 0.196. The van der Waals surface area contributed by atoms with Gasteiger partial charge in [-0.2, -0.15) is 0 Å². The molecule has 0 fully saturated rings. The summed E-state index contributed by atoms with van der Waals surface area (Å²) in [4.78, 5) is 20.0.